The minimum absolute atomic E-state index is 0.0122. The average Bonchev–Trinajstić information content (AvgIpc) is 2.17. The number of ether oxygens (including phenoxy) is 1. The lowest BCUT2D eigenvalue weighted by atomic mass is 9.97. The largest absolute Gasteiger partial charge is 0.384 e. The van der Waals surface area contributed by atoms with Crippen molar-refractivity contribution in [1.29, 1.82) is 0 Å². The van der Waals surface area contributed by atoms with E-state index in [-0.39, 0.29) is 5.54 Å². The fourth-order valence-electron chi connectivity index (χ4n) is 2.48. The van der Waals surface area contributed by atoms with Crippen LogP contribution in [0.1, 0.15) is 39.5 Å². The van der Waals surface area contributed by atoms with Crippen LogP contribution in [0, 0.1) is 5.92 Å². The Hall–Kier alpha value is -0.120. The highest BCUT2D eigenvalue weighted by Crippen LogP contribution is 2.17. The zero-order valence-electron chi connectivity index (χ0n) is 11.2. The van der Waals surface area contributed by atoms with E-state index in [1.165, 1.54) is 38.9 Å². The molecule has 0 radical (unpaired) electrons. The third-order valence-electron chi connectivity index (χ3n) is 3.30. The maximum absolute atomic E-state index is 5.99. The summed E-state index contributed by atoms with van der Waals surface area (Å²) in [6.07, 6.45) is 4.97. The average molecular weight is 228 g/mol. The van der Waals surface area contributed by atoms with E-state index in [1.807, 2.05) is 0 Å². The number of rotatable bonds is 6. The van der Waals surface area contributed by atoms with Gasteiger partial charge in [-0.05, 0) is 58.5 Å². The number of nitrogens with zero attached hydrogens (tertiary/aromatic N) is 1. The predicted molar refractivity (Wildman–Crippen MR) is 68.5 cm³/mol. The van der Waals surface area contributed by atoms with E-state index >= 15 is 0 Å². The van der Waals surface area contributed by atoms with E-state index in [2.05, 4.69) is 18.7 Å². The van der Waals surface area contributed by atoms with Crippen LogP contribution in [0.3, 0.4) is 0 Å². The van der Waals surface area contributed by atoms with E-state index in [4.69, 9.17) is 10.5 Å². The van der Waals surface area contributed by atoms with Crippen molar-refractivity contribution in [3.63, 3.8) is 0 Å². The van der Waals surface area contributed by atoms with Crippen LogP contribution in [0.5, 0.6) is 0 Å². The summed E-state index contributed by atoms with van der Waals surface area (Å²) < 4.78 is 5.24. The third kappa shape index (κ3) is 5.83. The minimum atomic E-state index is -0.0122. The van der Waals surface area contributed by atoms with Gasteiger partial charge in [-0.15, -0.1) is 0 Å². The number of nitrogens with two attached hydrogens (primary N) is 1. The van der Waals surface area contributed by atoms with Crippen molar-refractivity contribution >= 4 is 0 Å². The Morgan fingerprint density at radius 2 is 2.19 bits per heavy atom. The molecule has 1 atom stereocenters. The molecule has 3 heteroatoms. The summed E-state index contributed by atoms with van der Waals surface area (Å²) >= 11 is 0. The Kier molecular flexibility index (Phi) is 5.73. The van der Waals surface area contributed by atoms with Crippen LogP contribution < -0.4 is 5.73 Å². The number of methoxy groups -OCH3 is 1. The summed E-state index contributed by atoms with van der Waals surface area (Å²) in [6, 6.07) is 0. The van der Waals surface area contributed by atoms with Gasteiger partial charge in [-0.25, -0.2) is 0 Å². The van der Waals surface area contributed by atoms with Crippen LogP contribution in [-0.2, 0) is 4.74 Å². The number of hydrogen-bond donors (Lipinski definition) is 1. The molecule has 1 heterocycles. The lowest BCUT2D eigenvalue weighted by Gasteiger charge is -2.33. The number of piperidine rings is 1. The summed E-state index contributed by atoms with van der Waals surface area (Å²) in [5.74, 6) is 0.740. The smallest absolute Gasteiger partial charge is 0.0502 e. The Morgan fingerprint density at radius 1 is 1.44 bits per heavy atom. The first-order chi connectivity index (χ1) is 7.51. The molecular formula is C13H28N2O. The van der Waals surface area contributed by atoms with E-state index < -0.39 is 0 Å². The fourth-order valence-corrected chi connectivity index (χ4v) is 2.48. The monoisotopic (exact) mass is 228 g/mol. The first-order valence-electron chi connectivity index (χ1n) is 6.51. The van der Waals surface area contributed by atoms with Crippen molar-refractivity contribution in [1.82, 2.24) is 4.90 Å². The topological polar surface area (TPSA) is 38.5 Å². The Bertz CT molecular complexity index is 187. The zero-order valence-corrected chi connectivity index (χ0v) is 11.2. The van der Waals surface area contributed by atoms with Crippen molar-refractivity contribution in [3.8, 4) is 0 Å². The van der Waals surface area contributed by atoms with Crippen LogP contribution in [0.15, 0.2) is 0 Å². The summed E-state index contributed by atoms with van der Waals surface area (Å²) in [4.78, 5) is 2.57. The molecule has 0 bridgehead atoms. The molecule has 1 saturated heterocycles. The number of hydrogen-bond acceptors (Lipinski definition) is 3. The van der Waals surface area contributed by atoms with E-state index in [0.29, 0.717) is 0 Å². The molecule has 0 amide bonds. The lowest BCUT2D eigenvalue weighted by molar-refractivity contribution is 0.0891. The van der Waals surface area contributed by atoms with E-state index in [1.54, 1.807) is 7.11 Å². The maximum atomic E-state index is 5.99. The van der Waals surface area contributed by atoms with Gasteiger partial charge >= 0.3 is 0 Å². The predicted octanol–water partition coefficient (Wildman–Crippen LogP) is 1.86. The quantitative estimate of drug-likeness (QED) is 0.754. The number of likely N-dealkylation sites (tertiary alicyclic amines) is 1. The second kappa shape index (κ2) is 6.58. The van der Waals surface area contributed by atoms with Gasteiger partial charge in [0.1, 0.15) is 0 Å². The molecule has 1 aliphatic heterocycles. The van der Waals surface area contributed by atoms with Gasteiger partial charge in [-0.1, -0.05) is 0 Å². The van der Waals surface area contributed by atoms with Gasteiger partial charge in [0.25, 0.3) is 0 Å². The van der Waals surface area contributed by atoms with Crippen LogP contribution in [0.4, 0.5) is 0 Å². The molecule has 0 saturated carbocycles. The molecule has 1 unspecified atom stereocenters. The molecule has 0 aromatic rings. The standard InChI is InChI=1S/C13H28N2O/c1-13(2,14)7-5-9-15-8-4-6-12(10-15)11-16-3/h12H,4-11,14H2,1-3H3. The van der Waals surface area contributed by atoms with Gasteiger partial charge in [0.15, 0.2) is 0 Å². The molecule has 1 aliphatic rings. The van der Waals surface area contributed by atoms with Crippen LogP contribution in [0.25, 0.3) is 0 Å². The lowest BCUT2D eigenvalue weighted by Crippen LogP contribution is -2.39. The van der Waals surface area contributed by atoms with E-state index in [0.717, 1.165) is 18.9 Å². The van der Waals surface area contributed by atoms with Crippen molar-refractivity contribution in [2.75, 3.05) is 33.4 Å². The van der Waals surface area contributed by atoms with Gasteiger partial charge < -0.3 is 15.4 Å². The maximum Gasteiger partial charge on any atom is 0.0502 e. The first-order valence-corrected chi connectivity index (χ1v) is 6.51. The molecular weight excluding hydrogens is 200 g/mol. The molecule has 0 aliphatic carbocycles. The second-order valence-electron chi connectivity index (χ2n) is 5.86. The molecule has 0 aromatic heterocycles. The first kappa shape index (κ1) is 13.9. The summed E-state index contributed by atoms with van der Waals surface area (Å²) in [7, 11) is 1.80. The molecule has 96 valence electrons. The van der Waals surface area contributed by atoms with Crippen molar-refractivity contribution in [2.45, 2.75) is 45.1 Å². The molecule has 1 rings (SSSR count). The normalized spacial score (nSPS) is 23.6. The molecule has 0 aromatic carbocycles. The van der Waals surface area contributed by atoms with Crippen molar-refractivity contribution in [2.24, 2.45) is 11.7 Å². The zero-order chi connectivity index (χ0) is 12.0. The van der Waals surface area contributed by atoms with Crippen LogP contribution in [0.2, 0.25) is 0 Å². The second-order valence-corrected chi connectivity index (χ2v) is 5.86. The van der Waals surface area contributed by atoms with Gasteiger partial charge in [0.2, 0.25) is 0 Å². The van der Waals surface area contributed by atoms with Gasteiger partial charge in [0.05, 0.1) is 6.61 Å². The van der Waals surface area contributed by atoms with Gasteiger partial charge in [-0.2, -0.15) is 0 Å². The molecule has 16 heavy (non-hydrogen) atoms. The molecule has 2 N–H and O–H groups in total. The van der Waals surface area contributed by atoms with E-state index in [9.17, 15) is 0 Å². The Morgan fingerprint density at radius 3 is 2.81 bits per heavy atom. The summed E-state index contributed by atoms with van der Waals surface area (Å²) in [5, 5.41) is 0. The van der Waals surface area contributed by atoms with Crippen molar-refractivity contribution < 1.29 is 4.74 Å². The van der Waals surface area contributed by atoms with Crippen LogP contribution in [-0.4, -0.2) is 43.8 Å². The Labute approximate surface area is 100 Å². The summed E-state index contributed by atoms with van der Waals surface area (Å²) in [5.41, 5.74) is 5.98. The molecule has 1 fully saturated rings. The third-order valence-corrected chi connectivity index (χ3v) is 3.30. The SMILES string of the molecule is COCC1CCCN(CCCC(C)(C)N)C1. The van der Waals surface area contributed by atoms with Gasteiger partial charge in [-0.3, -0.25) is 0 Å². The van der Waals surface area contributed by atoms with Crippen molar-refractivity contribution in [3.05, 3.63) is 0 Å². The highest BCUT2D eigenvalue weighted by atomic mass is 16.5. The van der Waals surface area contributed by atoms with Gasteiger partial charge in [0, 0.05) is 19.2 Å². The van der Waals surface area contributed by atoms with Crippen LogP contribution >= 0.6 is 0 Å². The highest BCUT2D eigenvalue weighted by molar-refractivity contribution is 4.75. The molecule has 3 nitrogen and oxygen atoms in total. The fraction of sp³-hybridized carbons (Fsp3) is 1.00. The Balaban J connectivity index is 2.16. The molecule has 0 spiro atoms. The highest BCUT2D eigenvalue weighted by Gasteiger charge is 2.20. The minimum Gasteiger partial charge on any atom is -0.384 e. The summed E-state index contributed by atoms with van der Waals surface area (Å²) in [6.45, 7) is 8.79.